The van der Waals surface area contributed by atoms with E-state index in [9.17, 15) is 9.18 Å². The van der Waals surface area contributed by atoms with Crippen molar-refractivity contribution in [3.8, 4) is 5.75 Å². The first-order valence-corrected chi connectivity index (χ1v) is 7.23. The van der Waals surface area contributed by atoms with Gasteiger partial charge in [-0.15, -0.1) is 0 Å². The number of nitrogens with one attached hydrogen (secondary N) is 2. The van der Waals surface area contributed by atoms with Crippen molar-refractivity contribution in [1.82, 2.24) is 10.6 Å². The highest BCUT2D eigenvalue weighted by Gasteiger charge is 2.52. The summed E-state index contributed by atoms with van der Waals surface area (Å²) in [5.41, 5.74) is -0.249. The summed E-state index contributed by atoms with van der Waals surface area (Å²) in [6.45, 7) is 4.85. The molecule has 1 amide bonds. The second-order valence-corrected chi connectivity index (χ2v) is 6.29. The van der Waals surface area contributed by atoms with Crippen LogP contribution in [0, 0.1) is 11.2 Å². The minimum atomic E-state index is -0.329. The molecular formula is C16H23FN2O2. The van der Waals surface area contributed by atoms with E-state index < -0.39 is 0 Å². The first-order valence-electron chi connectivity index (χ1n) is 7.23. The SMILES string of the molecule is CNC1(C)CC(C)(C(=O)NCCOc2cccc(F)c2)C1. The van der Waals surface area contributed by atoms with Crippen LogP contribution in [0.1, 0.15) is 26.7 Å². The first kappa shape index (κ1) is 15.8. The molecule has 21 heavy (non-hydrogen) atoms. The van der Waals surface area contributed by atoms with Crippen LogP contribution in [0.2, 0.25) is 0 Å². The van der Waals surface area contributed by atoms with Crippen molar-refractivity contribution in [1.29, 1.82) is 0 Å². The Morgan fingerprint density at radius 3 is 2.71 bits per heavy atom. The largest absolute Gasteiger partial charge is 0.492 e. The lowest BCUT2D eigenvalue weighted by atomic mass is 9.58. The highest BCUT2D eigenvalue weighted by molar-refractivity contribution is 5.83. The number of ether oxygens (including phenoxy) is 1. The van der Waals surface area contributed by atoms with Crippen LogP contribution in [0.5, 0.6) is 5.75 Å². The first-order chi connectivity index (χ1) is 9.87. The molecule has 4 nitrogen and oxygen atoms in total. The Hall–Kier alpha value is -1.62. The van der Waals surface area contributed by atoms with Crippen molar-refractivity contribution in [3.05, 3.63) is 30.1 Å². The summed E-state index contributed by atoms with van der Waals surface area (Å²) in [5, 5.41) is 6.13. The topological polar surface area (TPSA) is 50.4 Å². The molecule has 1 fully saturated rings. The van der Waals surface area contributed by atoms with Gasteiger partial charge in [0.1, 0.15) is 18.2 Å². The van der Waals surface area contributed by atoms with Gasteiger partial charge in [0.05, 0.1) is 6.54 Å². The fraction of sp³-hybridized carbons (Fsp3) is 0.562. The van der Waals surface area contributed by atoms with E-state index in [0.29, 0.717) is 18.9 Å². The van der Waals surface area contributed by atoms with Crippen LogP contribution >= 0.6 is 0 Å². The van der Waals surface area contributed by atoms with E-state index in [0.717, 1.165) is 12.8 Å². The van der Waals surface area contributed by atoms with Crippen LogP contribution < -0.4 is 15.4 Å². The van der Waals surface area contributed by atoms with Crippen LogP contribution in [0.3, 0.4) is 0 Å². The van der Waals surface area contributed by atoms with Gasteiger partial charge >= 0.3 is 0 Å². The maximum atomic E-state index is 13.0. The van der Waals surface area contributed by atoms with Gasteiger partial charge in [-0.1, -0.05) is 13.0 Å². The van der Waals surface area contributed by atoms with Gasteiger partial charge in [0.25, 0.3) is 0 Å². The third kappa shape index (κ3) is 3.73. The number of benzene rings is 1. The van der Waals surface area contributed by atoms with Crippen molar-refractivity contribution in [2.45, 2.75) is 32.2 Å². The Morgan fingerprint density at radius 2 is 2.10 bits per heavy atom. The quantitative estimate of drug-likeness (QED) is 0.790. The summed E-state index contributed by atoms with van der Waals surface area (Å²) in [7, 11) is 1.92. The Kier molecular flexibility index (Phi) is 4.52. The summed E-state index contributed by atoms with van der Waals surface area (Å²) in [6, 6.07) is 5.98. The standard InChI is InChI=1S/C16H23FN2O2/c1-15(10-16(2,11-15)18-3)14(20)19-7-8-21-13-6-4-5-12(17)9-13/h4-6,9,18H,7-8,10-11H2,1-3H3,(H,19,20). The van der Waals surface area contributed by atoms with E-state index in [1.807, 2.05) is 14.0 Å². The minimum absolute atomic E-state index is 0.0538. The van der Waals surface area contributed by atoms with E-state index in [1.54, 1.807) is 12.1 Å². The van der Waals surface area contributed by atoms with Gasteiger partial charge in [0, 0.05) is 17.0 Å². The number of hydrogen-bond acceptors (Lipinski definition) is 3. The molecule has 0 radical (unpaired) electrons. The van der Waals surface area contributed by atoms with Crippen LogP contribution in [-0.2, 0) is 4.79 Å². The molecule has 1 aliphatic rings. The minimum Gasteiger partial charge on any atom is -0.492 e. The molecule has 0 unspecified atom stereocenters. The van der Waals surface area contributed by atoms with Crippen LogP contribution in [0.15, 0.2) is 24.3 Å². The van der Waals surface area contributed by atoms with E-state index >= 15 is 0 Å². The Morgan fingerprint density at radius 1 is 1.38 bits per heavy atom. The lowest BCUT2D eigenvalue weighted by Gasteiger charge is -2.51. The number of halogens is 1. The highest BCUT2D eigenvalue weighted by Crippen LogP contribution is 2.47. The van der Waals surface area contributed by atoms with Crippen molar-refractivity contribution < 1.29 is 13.9 Å². The highest BCUT2D eigenvalue weighted by atomic mass is 19.1. The van der Waals surface area contributed by atoms with Crippen molar-refractivity contribution >= 4 is 5.91 Å². The zero-order chi connectivity index (χ0) is 15.5. The maximum Gasteiger partial charge on any atom is 0.226 e. The molecule has 1 aromatic rings. The summed E-state index contributed by atoms with van der Waals surface area (Å²) in [6.07, 6.45) is 1.65. The number of amides is 1. The molecule has 0 bridgehead atoms. The molecule has 0 saturated heterocycles. The van der Waals surface area contributed by atoms with Gasteiger partial charge < -0.3 is 15.4 Å². The molecule has 0 spiro atoms. The van der Waals surface area contributed by atoms with E-state index in [-0.39, 0.29) is 22.7 Å². The fourth-order valence-corrected chi connectivity index (χ4v) is 3.11. The number of carbonyl (C=O) groups excluding carboxylic acids is 1. The van der Waals surface area contributed by atoms with Gasteiger partial charge in [0.15, 0.2) is 0 Å². The fourth-order valence-electron chi connectivity index (χ4n) is 3.11. The van der Waals surface area contributed by atoms with Crippen LogP contribution in [0.4, 0.5) is 4.39 Å². The lowest BCUT2D eigenvalue weighted by Crippen LogP contribution is -2.61. The molecule has 5 heteroatoms. The third-order valence-corrected chi connectivity index (χ3v) is 4.16. The molecule has 0 atom stereocenters. The molecule has 1 saturated carbocycles. The summed E-state index contributed by atoms with van der Waals surface area (Å²) >= 11 is 0. The maximum absolute atomic E-state index is 13.0. The zero-order valence-electron chi connectivity index (χ0n) is 12.8. The molecule has 116 valence electrons. The molecule has 1 aromatic carbocycles. The van der Waals surface area contributed by atoms with Gasteiger partial charge in [0.2, 0.25) is 5.91 Å². The molecule has 0 aliphatic heterocycles. The average molecular weight is 294 g/mol. The van der Waals surface area contributed by atoms with Crippen molar-refractivity contribution in [2.24, 2.45) is 5.41 Å². The number of carbonyl (C=O) groups is 1. The monoisotopic (exact) mass is 294 g/mol. The van der Waals surface area contributed by atoms with Crippen molar-refractivity contribution in [3.63, 3.8) is 0 Å². The molecule has 1 aliphatic carbocycles. The molecule has 2 N–H and O–H groups in total. The Bertz CT molecular complexity index is 513. The van der Waals surface area contributed by atoms with Gasteiger partial charge in [-0.2, -0.15) is 0 Å². The van der Waals surface area contributed by atoms with Crippen molar-refractivity contribution in [2.75, 3.05) is 20.2 Å². The second-order valence-electron chi connectivity index (χ2n) is 6.29. The average Bonchev–Trinajstić information content (AvgIpc) is 2.41. The predicted molar refractivity (Wildman–Crippen MR) is 79.7 cm³/mol. The zero-order valence-corrected chi connectivity index (χ0v) is 12.8. The predicted octanol–water partition coefficient (Wildman–Crippen LogP) is 2.10. The number of rotatable bonds is 6. The summed E-state index contributed by atoms with van der Waals surface area (Å²) in [4.78, 5) is 12.2. The Balaban J connectivity index is 1.71. The van der Waals surface area contributed by atoms with Crippen LogP contribution in [-0.4, -0.2) is 31.6 Å². The summed E-state index contributed by atoms with van der Waals surface area (Å²) in [5.74, 6) is 0.199. The second kappa shape index (κ2) is 6.02. The lowest BCUT2D eigenvalue weighted by molar-refractivity contribution is -0.139. The van der Waals surface area contributed by atoms with Gasteiger partial charge in [-0.05, 0) is 38.9 Å². The molecular weight excluding hydrogens is 271 g/mol. The van der Waals surface area contributed by atoms with Gasteiger partial charge in [-0.3, -0.25) is 4.79 Å². The number of hydrogen-bond donors (Lipinski definition) is 2. The third-order valence-electron chi connectivity index (χ3n) is 4.16. The van der Waals surface area contributed by atoms with E-state index in [4.69, 9.17) is 4.74 Å². The summed E-state index contributed by atoms with van der Waals surface area (Å²) < 4.78 is 18.4. The molecule has 0 aromatic heterocycles. The Labute approximate surface area is 125 Å². The normalized spacial score (nSPS) is 27.8. The molecule has 2 rings (SSSR count). The van der Waals surface area contributed by atoms with Crippen LogP contribution in [0.25, 0.3) is 0 Å². The smallest absolute Gasteiger partial charge is 0.226 e. The van der Waals surface area contributed by atoms with E-state index in [1.165, 1.54) is 12.1 Å². The molecule has 0 heterocycles. The van der Waals surface area contributed by atoms with E-state index in [2.05, 4.69) is 17.6 Å². The van der Waals surface area contributed by atoms with Gasteiger partial charge in [-0.25, -0.2) is 4.39 Å².